The Balaban J connectivity index is 1.58. The molecule has 1 aliphatic heterocycles. The van der Waals surface area contributed by atoms with E-state index < -0.39 is 16.1 Å². The maximum atomic E-state index is 14.6. The molecular formula is C38H46BrN5O5S. The van der Waals surface area contributed by atoms with Crippen LogP contribution in [-0.4, -0.2) is 70.7 Å². The van der Waals surface area contributed by atoms with Gasteiger partial charge in [-0.05, 0) is 91.8 Å². The number of fused-ring (bicyclic) bond motifs is 1. The minimum Gasteiger partial charge on any atom is -0.394 e. The zero-order valence-corrected chi connectivity index (χ0v) is 31.6. The number of hydrogen-bond donors (Lipinski definition) is 2. The van der Waals surface area contributed by atoms with Gasteiger partial charge in [0, 0.05) is 35.5 Å². The summed E-state index contributed by atoms with van der Waals surface area (Å²) in [5.41, 5.74) is 4.41. The number of aromatic nitrogens is 2. The summed E-state index contributed by atoms with van der Waals surface area (Å²) in [6, 6.07) is 18.9. The summed E-state index contributed by atoms with van der Waals surface area (Å²) in [5, 5.41) is 15.1. The van der Waals surface area contributed by atoms with Crippen molar-refractivity contribution in [3.63, 3.8) is 0 Å². The van der Waals surface area contributed by atoms with Crippen LogP contribution in [0.25, 0.3) is 5.69 Å². The molecule has 0 fully saturated rings. The molecule has 0 radical (unpaired) electrons. The quantitative estimate of drug-likeness (QED) is 0.144. The van der Waals surface area contributed by atoms with E-state index in [2.05, 4.69) is 34.5 Å². The van der Waals surface area contributed by atoms with Gasteiger partial charge in [0.1, 0.15) is 0 Å². The standard InChI is InChI=1S/C38H46BrN5O5S/c1-5-8-18-42(19-9-6-2)38(47)34-20-26(4)44(40-34)35-16-15-31(41-50(48,49)36-17-14-30(39)21-27(36)7-3)23-33(35)37(46)43-24-29-13-11-10-12-28(29)22-32(43)25-45/h10-17,20-21,23,32,41,45H,5-9,18-19,22,24-25H2,1-4H3/t32-/m0/s1. The molecule has 1 aromatic heterocycles. The summed E-state index contributed by atoms with van der Waals surface area (Å²) in [6.07, 6.45) is 4.68. The van der Waals surface area contributed by atoms with E-state index in [0.717, 1.165) is 41.3 Å². The second-order valence-electron chi connectivity index (χ2n) is 12.8. The molecule has 0 saturated heterocycles. The van der Waals surface area contributed by atoms with Gasteiger partial charge in [0.05, 0.1) is 28.8 Å². The molecule has 0 aliphatic carbocycles. The monoisotopic (exact) mass is 763 g/mol. The van der Waals surface area contributed by atoms with Crippen molar-refractivity contribution in [1.82, 2.24) is 19.6 Å². The fourth-order valence-corrected chi connectivity index (χ4v) is 8.14. The molecule has 0 spiro atoms. The Morgan fingerprint density at radius 1 is 0.980 bits per heavy atom. The number of aryl methyl sites for hydroxylation is 2. The van der Waals surface area contributed by atoms with E-state index in [9.17, 15) is 23.1 Å². The first-order chi connectivity index (χ1) is 24.0. The van der Waals surface area contributed by atoms with Crippen LogP contribution in [0.5, 0.6) is 0 Å². The van der Waals surface area contributed by atoms with E-state index in [1.54, 1.807) is 46.0 Å². The smallest absolute Gasteiger partial charge is 0.274 e. The second-order valence-corrected chi connectivity index (χ2v) is 15.3. The van der Waals surface area contributed by atoms with E-state index in [1.165, 1.54) is 6.07 Å². The van der Waals surface area contributed by atoms with Gasteiger partial charge in [-0.3, -0.25) is 14.3 Å². The average molecular weight is 765 g/mol. The lowest BCUT2D eigenvalue weighted by molar-refractivity contribution is 0.0544. The maximum Gasteiger partial charge on any atom is 0.274 e. The second kappa shape index (κ2) is 16.3. The zero-order valence-electron chi connectivity index (χ0n) is 29.2. The first-order valence-corrected chi connectivity index (χ1v) is 19.6. The predicted octanol–water partition coefficient (Wildman–Crippen LogP) is 6.91. The van der Waals surface area contributed by atoms with Crippen LogP contribution in [0, 0.1) is 6.92 Å². The number of carbonyl (C=O) groups excluding carboxylic acids is 2. The van der Waals surface area contributed by atoms with E-state index in [-0.39, 0.29) is 46.8 Å². The Morgan fingerprint density at radius 3 is 2.34 bits per heavy atom. The number of rotatable bonds is 14. The Morgan fingerprint density at radius 2 is 1.68 bits per heavy atom. The van der Waals surface area contributed by atoms with E-state index in [0.29, 0.717) is 42.9 Å². The van der Waals surface area contributed by atoms with Crippen molar-refractivity contribution < 1.29 is 23.1 Å². The molecule has 12 heteroatoms. The Labute approximate surface area is 303 Å². The highest BCUT2D eigenvalue weighted by molar-refractivity contribution is 9.10. The normalized spacial score (nSPS) is 14.4. The lowest BCUT2D eigenvalue weighted by atomic mass is 9.93. The van der Waals surface area contributed by atoms with Crippen LogP contribution in [-0.2, 0) is 29.4 Å². The third kappa shape index (κ3) is 8.14. The van der Waals surface area contributed by atoms with Crippen LogP contribution in [0.4, 0.5) is 5.69 Å². The Kier molecular flexibility index (Phi) is 12.2. The lowest BCUT2D eigenvalue weighted by Crippen LogP contribution is -2.46. The topological polar surface area (TPSA) is 125 Å². The number of nitrogens with one attached hydrogen (secondary N) is 1. The third-order valence-corrected chi connectivity index (χ3v) is 11.2. The summed E-state index contributed by atoms with van der Waals surface area (Å²) in [7, 11) is -4.02. The number of nitrogens with zero attached hydrogens (tertiary/aromatic N) is 4. The molecule has 1 aliphatic rings. The first-order valence-electron chi connectivity index (χ1n) is 17.3. The van der Waals surface area contributed by atoms with Gasteiger partial charge in [0.2, 0.25) is 0 Å². The molecule has 0 bridgehead atoms. The summed E-state index contributed by atoms with van der Waals surface area (Å²) in [6.45, 7) is 9.20. The number of amides is 2. The summed E-state index contributed by atoms with van der Waals surface area (Å²) >= 11 is 3.42. The summed E-state index contributed by atoms with van der Waals surface area (Å²) < 4.78 is 32.4. The van der Waals surface area contributed by atoms with E-state index in [4.69, 9.17) is 5.10 Å². The highest BCUT2D eigenvalue weighted by Gasteiger charge is 2.32. The number of benzene rings is 3. The number of anilines is 1. The molecular weight excluding hydrogens is 718 g/mol. The minimum atomic E-state index is -4.02. The molecule has 2 heterocycles. The van der Waals surface area contributed by atoms with Crippen LogP contribution in [0.15, 0.2) is 76.1 Å². The van der Waals surface area contributed by atoms with Gasteiger partial charge in [-0.2, -0.15) is 5.10 Å². The van der Waals surface area contributed by atoms with Gasteiger partial charge < -0.3 is 14.9 Å². The molecule has 3 aromatic carbocycles. The predicted molar refractivity (Wildman–Crippen MR) is 199 cm³/mol. The summed E-state index contributed by atoms with van der Waals surface area (Å²) in [5.74, 6) is -0.553. The molecule has 50 heavy (non-hydrogen) atoms. The van der Waals surface area contributed by atoms with Crippen LogP contribution < -0.4 is 4.72 Å². The molecule has 5 rings (SSSR count). The molecule has 1 atom stereocenters. The van der Waals surface area contributed by atoms with Gasteiger partial charge in [-0.1, -0.05) is 73.8 Å². The first kappa shape index (κ1) is 37.3. The zero-order chi connectivity index (χ0) is 36.0. The third-order valence-electron chi connectivity index (χ3n) is 9.18. The number of hydrogen-bond acceptors (Lipinski definition) is 6. The highest BCUT2D eigenvalue weighted by atomic mass is 79.9. The van der Waals surface area contributed by atoms with Crippen molar-refractivity contribution in [2.75, 3.05) is 24.4 Å². The number of unbranched alkanes of at least 4 members (excludes halogenated alkanes) is 2. The van der Waals surface area contributed by atoms with Crippen molar-refractivity contribution in [3.8, 4) is 5.69 Å². The molecule has 4 aromatic rings. The van der Waals surface area contributed by atoms with Crippen molar-refractivity contribution in [2.45, 2.75) is 83.7 Å². The van der Waals surface area contributed by atoms with E-state index in [1.807, 2.05) is 43.0 Å². The van der Waals surface area contributed by atoms with Crippen LogP contribution in [0.2, 0.25) is 0 Å². The largest absolute Gasteiger partial charge is 0.394 e. The molecule has 266 valence electrons. The van der Waals surface area contributed by atoms with Gasteiger partial charge in [0.25, 0.3) is 21.8 Å². The fraction of sp³-hybridized carbons (Fsp3) is 0.395. The lowest BCUT2D eigenvalue weighted by Gasteiger charge is -2.36. The van der Waals surface area contributed by atoms with Crippen molar-refractivity contribution in [3.05, 3.63) is 105 Å². The highest BCUT2D eigenvalue weighted by Crippen LogP contribution is 2.30. The maximum absolute atomic E-state index is 14.6. The van der Waals surface area contributed by atoms with Crippen LogP contribution in [0.3, 0.4) is 0 Å². The van der Waals surface area contributed by atoms with Crippen molar-refractivity contribution >= 4 is 43.5 Å². The minimum absolute atomic E-state index is 0.148. The molecule has 2 amide bonds. The number of aliphatic hydroxyl groups is 1. The molecule has 10 nitrogen and oxygen atoms in total. The van der Waals surface area contributed by atoms with Crippen molar-refractivity contribution in [1.29, 1.82) is 0 Å². The van der Waals surface area contributed by atoms with Crippen LogP contribution in [0.1, 0.15) is 89.7 Å². The number of halogens is 1. The van der Waals surface area contributed by atoms with Gasteiger partial charge in [-0.15, -0.1) is 0 Å². The number of carbonyl (C=O) groups is 2. The SMILES string of the molecule is CCCCN(CCCC)C(=O)c1cc(C)n(-c2ccc(NS(=O)(=O)c3ccc(Br)cc3CC)cc2C(=O)N2Cc3ccccc3C[C@H]2CO)n1. The van der Waals surface area contributed by atoms with E-state index >= 15 is 0 Å². The van der Waals surface area contributed by atoms with Gasteiger partial charge >= 0.3 is 0 Å². The number of sulfonamides is 1. The van der Waals surface area contributed by atoms with Gasteiger partial charge in [-0.25, -0.2) is 13.1 Å². The Bertz CT molecular complexity index is 1950. The van der Waals surface area contributed by atoms with Crippen molar-refractivity contribution in [2.24, 2.45) is 0 Å². The fourth-order valence-electron chi connectivity index (χ4n) is 6.39. The molecule has 2 N–H and O–H groups in total. The summed E-state index contributed by atoms with van der Waals surface area (Å²) in [4.78, 5) is 31.9. The van der Waals surface area contributed by atoms with Crippen LogP contribution >= 0.6 is 15.9 Å². The van der Waals surface area contributed by atoms with Gasteiger partial charge in [0.15, 0.2) is 5.69 Å². The Hall–Kier alpha value is -4.00. The molecule has 0 unspecified atom stereocenters. The number of aliphatic hydroxyl groups excluding tert-OH is 1. The molecule has 0 saturated carbocycles. The average Bonchev–Trinajstić information content (AvgIpc) is 3.51.